The average Bonchev–Trinajstić information content (AvgIpc) is 2.62. The first-order valence-electron chi connectivity index (χ1n) is 6.46. The van der Waals surface area contributed by atoms with Crippen molar-refractivity contribution >= 4 is 5.97 Å². The molecule has 0 amide bonds. The van der Waals surface area contributed by atoms with Crippen LogP contribution in [0.1, 0.15) is 45.4 Å². The van der Waals surface area contributed by atoms with Crippen LogP contribution in [0, 0.1) is 0 Å². The van der Waals surface area contributed by atoms with Crippen molar-refractivity contribution in [3.05, 3.63) is 18.2 Å². The number of aliphatic carboxylic acids is 1. The van der Waals surface area contributed by atoms with Crippen LogP contribution in [-0.2, 0) is 24.3 Å². The highest BCUT2D eigenvalue weighted by Crippen LogP contribution is 2.05. The third-order valence-electron chi connectivity index (χ3n) is 2.86. The van der Waals surface area contributed by atoms with E-state index in [1.165, 1.54) is 12.8 Å². The highest BCUT2D eigenvalue weighted by molar-refractivity contribution is 5.62. The third-order valence-corrected chi connectivity index (χ3v) is 2.86. The molecule has 1 aromatic rings. The Balaban J connectivity index is 2.77. The zero-order chi connectivity index (χ0) is 12.7. The Morgan fingerprint density at radius 1 is 1.35 bits per heavy atom. The van der Waals surface area contributed by atoms with Crippen molar-refractivity contribution in [3.8, 4) is 0 Å². The van der Waals surface area contributed by atoms with Crippen LogP contribution < -0.4 is 9.67 Å². The fourth-order valence-corrected chi connectivity index (χ4v) is 2.05. The van der Waals surface area contributed by atoms with Crippen LogP contribution in [0.25, 0.3) is 0 Å². The molecule has 0 aliphatic carbocycles. The summed E-state index contributed by atoms with van der Waals surface area (Å²) in [4.78, 5) is 10.7. The molecule has 0 aliphatic heterocycles. The summed E-state index contributed by atoms with van der Waals surface area (Å²) in [5.41, 5.74) is 0. The number of carbonyl (C=O) groups is 1. The number of hydrogen-bond acceptors (Lipinski definition) is 2. The molecular formula is C13H22N2O2. The number of hydrogen-bond donors (Lipinski definition) is 0. The van der Waals surface area contributed by atoms with E-state index in [-0.39, 0.29) is 6.54 Å². The minimum Gasteiger partial charge on any atom is -0.546 e. The highest BCUT2D eigenvalue weighted by atomic mass is 16.4. The van der Waals surface area contributed by atoms with Gasteiger partial charge in [0.2, 0.25) is 0 Å². The molecule has 4 nitrogen and oxygen atoms in total. The van der Waals surface area contributed by atoms with Crippen molar-refractivity contribution in [3.63, 3.8) is 0 Å². The molecular weight excluding hydrogens is 216 g/mol. The zero-order valence-corrected chi connectivity index (χ0v) is 10.8. The van der Waals surface area contributed by atoms with E-state index in [9.17, 15) is 9.90 Å². The van der Waals surface area contributed by atoms with Gasteiger partial charge in [0.15, 0.2) is 0 Å². The monoisotopic (exact) mass is 238 g/mol. The van der Waals surface area contributed by atoms with Crippen molar-refractivity contribution in [2.45, 2.75) is 59.0 Å². The van der Waals surface area contributed by atoms with E-state index in [1.807, 2.05) is 12.4 Å². The van der Waals surface area contributed by atoms with Gasteiger partial charge in [0.05, 0.1) is 12.5 Å². The fraction of sp³-hybridized carbons (Fsp3) is 0.692. The second-order valence-electron chi connectivity index (χ2n) is 4.36. The summed E-state index contributed by atoms with van der Waals surface area (Å²) in [6.07, 6.45) is 9.27. The molecule has 0 unspecified atom stereocenters. The second kappa shape index (κ2) is 7.09. The molecule has 96 valence electrons. The minimum atomic E-state index is -1.03. The Bertz CT molecular complexity index is 358. The number of rotatable bonds is 8. The van der Waals surface area contributed by atoms with Crippen LogP contribution in [0.5, 0.6) is 0 Å². The van der Waals surface area contributed by atoms with Crippen molar-refractivity contribution in [2.24, 2.45) is 0 Å². The molecule has 0 bridgehead atoms. The standard InChI is InChI=1S/C13H22N2O2/c1-3-5-6-7-12-14(8-4-2)9-10-15(12)11-13(16)17/h9-10H,3-8,11H2,1-2H3. The van der Waals surface area contributed by atoms with Crippen LogP contribution in [0.4, 0.5) is 0 Å². The van der Waals surface area contributed by atoms with E-state index >= 15 is 0 Å². The van der Waals surface area contributed by atoms with Gasteiger partial charge in [-0.25, -0.2) is 9.13 Å². The Morgan fingerprint density at radius 2 is 2.12 bits per heavy atom. The van der Waals surface area contributed by atoms with Gasteiger partial charge < -0.3 is 9.90 Å². The van der Waals surface area contributed by atoms with Crippen LogP contribution in [-0.4, -0.2) is 10.5 Å². The Labute approximate surface area is 103 Å². The van der Waals surface area contributed by atoms with Gasteiger partial charge in [0.25, 0.3) is 5.82 Å². The molecule has 0 atom stereocenters. The molecule has 4 heteroatoms. The number of nitrogens with zero attached hydrogens (tertiary/aromatic N) is 2. The normalized spacial score (nSPS) is 10.7. The van der Waals surface area contributed by atoms with E-state index in [2.05, 4.69) is 18.4 Å². The Kier molecular flexibility index (Phi) is 5.73. The van der Waals surface area contributed by atoms with Crippen LogP contribution in [0.15, 0.2) is 12.4 Å². The number of imidazole rings is 1. The van der Waals surface area contributed by atoms with Crippen LogP contribution in [0.3, 0.4) is 0 Å². The molecule has 0 saturated heterocycles. The Morgan fingerprint density at radius 3 is 2.71 bits per heavy atom. The molecule has 1 heterocycles. The van der Waals surface area contributed by atoms with Crippen molar-refractivity contribution in [1.29, 1.82) is 0 Å². The number of aromatic nitrogens is 2. The van der Waals surface area contributed by atoms with Crippen molar-refractivity contribution in [1.82, 2.24) is 4.57 Å². The first-order chi connectivity index (χ1) is 8.19. The van der Waals surface area contributed by atoms with Gasteiger partial charge in [-0.15, -0.1) is 0 Å². The van der Waals surface area contributed by atoms with Gasteiger partial charge in [0.1, 0.15) is 18.9 Å². The van der Waals surface area contributed by atoms with E-state index in [0.717, 1.165) is 31.6 Å². The first kappa shape index (κ1) is 13.7. The largest absolute Gasteiger partial charge is 0.546 e. The molecule has 0 saturated carbocycles. The van der Waals surface area contributed by atoms with E-state index in [4.69, 9.17) is 0 Å². The predicted octanol–water partition coefficient (Wildman–Crippen LogP) is 0.668. The summed E-state index contributed by atoms with van der Waals surface area (Å²) in [6, 6.07) is 0. The quantitative estimate of drug-likeness (QED) is 0.493. The van der Waals surface area contributed by atoms with Crippen molar-refractivity contribution in [2.75, 3.05) is 0 Å². The molecule has 0 fully saturated rings. The maximum atomic E-state index is 10.7. The van der Waals surface area contributed by atoms with Gasteiger partial charge in [-0.05, 0) is 12.8 Å². The summed E-state index contributed by atoms with van der Waals surface area (Å²) in [5, 5.41) is 10.7. The molecule has 0 radical (unpaired) electrons. The summed E-state index contributed by atoms with van der Waals surface area (Å²) in [6.45, 7) is 5.19. The lowest BCUT2D eigenvalue weighted by Crippen LogP contribution is -2.45. The molecule has 1 rings (SSSR count). The number of aryl methyl sites for hydroxylation is 1. The van der Waals surface area contributed by atoms with Gasteiger partial charge in [-0.2, -0.15) is 0 Å². The molecule has 0 aromatic carbocycles. The number of carboxylic acid groups (broad SMARTS) is 1. The lowest BCUT2D eigenvalue weighted by Gasteiger charge is -2.05. The van der Waals surface area contributed by atoms with Crippen molar-refractivity contribution < 1.29 is 14.5 Å². The first-order valence-corrected chi connectivity index (χ1v) is 6.46. The molecule has 0 aliphatic rings. The summed E-state index contributed by atoms with van der Waals surface area (Å²) in [5.74, 6) is 0.0745. The fourth-order valence-electron chi connectivity index (χ4n) is 2.05. The van der Waals surface area contributed by atoms with Gasteiger partial charge in [-0.3, -0.25) is 0 Å². The SMILES string of the molecule is CCCCCc1n(CCC)cc[n+]1CC(=O)[O-]. The Hall–Kier alpha value is -1.32. The molecule has 1 aromatic heterocycles. The number of carbonyl (C=O) groups excluding carboxylic acids is 1. The van der Waals surface area contributed by atoms with E-state index < -0.39 is 5.97 Å². The zero-order valence-electron chi connectivity index (χ0n) is 10.8. The average molecular weight is 238 g/mol. The van der Waals surface area contributed by atoms with Gasteiger partial charge in [-0.1, -0.05) is 26.7 Å². The van der Waals surface area contributed by atoms with E-state index in [1.54, 1.807) is 4.57 Å². The lowest BCUT2D eigenvalue weighted by molar-refractivity contribution is -0.697. The molecule has 0 N–H and O–H groups in total. The summed E-state index contributed by atoms with van der Waals surface area (Å²) >= 11 is 0. The third kappa shape index (κ3) is 4.21. The van der Waals surface area contributed by atoms with Gasteiger partial charge >= 0.3 is 0 Å². The highest BCUT2D eigenvalue weighted by Gasteiger charge is 2.15. The van der Waals surface area contributed by atoms with Gasteiger partial charge in [0, 0.05) is 6.42 Å². The molecule has 0 spiro atoms. The predicted molar refractivity (Wildman–Crippen MR) is 63.2 cm³/mol. The van der Waals surface area contributed by atoms with Crippen LogP contribution in [0.2, 0.25) is 0 Å². The summed E-state index contributed by atoms with van der Waals surface area (Å²) in [7, 11) is 0. The topological polar surface area (TPSA) is 48.9 Å². The second-order valence-corrected chi connectivity index (χ2v) is 4.36. The maximum absolute atomic E-state index is 10.7. The minimum absolute atomic E-state index is 0.0435. The smallest absolute Gasteiger partial charge is 0.256 e. The number of carboxylic acids is 1. The summed E-state index contributed by atoms with van der Waals surface area (Å²) < 4.78 is 3.94. The molecule has 17 heavy (non-hydrogen) atoms. The lowest BCUT2D eigenvalue weighted by atomic mass is 10.2. The maximum Gasteiger partial charge on any atom is 0.256 e. The van der Waals surface area contributed by atoms with E-state index in [0.29, 0.717) is 0 Å². The van der Waals surface area contributed by atoms with Crippen LogP contribution >= 0.6 is 0 Å². The number of unbranched alkanes of at least 4 members (excludes halogenated alkanes) is 2.